The van der Waals surface area contributed by atoms with E-state index in [1.807, 2.05) is 36.4 Å². The summed E-state index contributed by atoms with van der Waals surface area (Å²) < 4.78 is 5.60. The Morgan fingerprint density at radius 3 is 2.88 bits per heavy atom. The van der Waals surface area contributed by atoms with Crippen LogP contribution in [0, 0.1) is 0 Å². The molecule has 0 aromatic heterocycles. The number of hydrogen-bond acceptors (Lipinski definition) is 3. The molecule has 2 atom stereocenters. The molecule has 0 bridgehead atoms. The lowest BCUT2D eigenvalue weighted by Crippen LogP contribution is -2.39. The third kappa shape index (κ3) is 2.92. The molecule has 26 heavy (non-hydrogen) atoms. The van der Waals surface area contributed by atoms with Crippen molar-refractivity contribution in [2.24, 2.45) is 0 Å². The van der Waals surface area contributed by atoms with E-state index in [4.69, 9.17) is 16.3 Å². The van der Waals surface area contributed by atoms with E-state index in [0.717, 1.165) is 28.7 Å². The smallest absolute Gasteiger partial charge is 0.410 e. The van der Waals surface area contributed by atoms with Crippen LogP contribution in [0.1, 0.15) is 29.9 Å². The second-order valence-corrected chi connectivity index (χ2v) is 6.95. The first-order valence-electron chi connectivity index (χ1n) is 8.72. The van der Waals surface area contributed by atoms with Crippen molar-refractivity contribution in [1.29, 1.82) is 0 Å². The number of ether oxygens (including phenoxy) is 1. The van der Waals surface area contributed by atoms with Crippen LogP contribution in [0.4, 0.5) is 4.79 Å². The third-order valence-electron chi connectivity index (χ3n) is 5.14. The lowest BCUT2D eigenvalue weighted by atomic mass is 9.97. The molecule has 132 valence electrons. The predicted molar refractivity (Wildman–Crippen MR) is 99.8 cm³/mol. The number of carbonyl (C=O) groups is 2. The zero-order chi connectivity index (χ0) is 18.1. The van der Waals surface area contributed by atoms with Gasteiger partial charge in [0, 0.05) is 12.5 Å². The SMILES string of the molecule is O=C(Cl)[C@H]1CCCN1C(=O)OCC1C2=CC=C=CC=C2c2ccccc21. The van der Waals surface area contributed by atoms with Gasteiger partial charge in [-0.25, -0.2) is 4.79 Å². The van der Waals surface area contributed by atoms with E-state index in [1.165, 1.54) is 4.90 Å². The molecule has 2 aliphatic carbocycles. The Morgan fingerprint density at radius 2 is 2.04 bits per heavy atom. The first-order chi connectivity index (χ1) is 12.7. The summed E-state index contributed by atoms with van der Waals surface area (Å²) >= 11 is 5.61. The summed E-state index contributed by atoms with van der Waals surface area (Å²) in [4.78, 5) is 25.4. The summed E-state index contributed by atoms with van der Waals surface area (Å²) in [6.45, 7) is 0.732. The highest BCUT2D eigenvalue weighted by atomic mass is 35.5. The molecule has 1 aliphatic heterocycles. The van der Waals surface area contributed by atoms with E-state index in [0.29, 0.717) is 13.0 Å². The number of rotatable bonds is 3. The van der Waals surface area contributed by atoms with E-state index in [9.17, 15) is 9.59 Å². The van der Waals surface area contributed by atoms with Gasteiger partial charge in [-0.15, -0.1) is 5.73 Å². The molecule has 0 N–H and O–H groups in total. The van der Waals surface area contributed by atoms with Crippen LogP contribution in [0.2, 0.25) is 0 Å². The van der Waals surface area contributed by atoms with E-state index in [2.05, 4.69) is 17.9 Å². The molecule has 0 radical (unpaired) electrons. The van der Waals surface area contributed by atoms with Crippen molar-refractivity contribution >= 4 is 28.5 Å². The molecule has 1 aromatic rings. The van der Waals surface area contributed by atoms with Crippen LogP contribution in [-0.2, 0) is 9.53 Å². The van der Waals surface area contributed by atoms with Gasteiger partial charge in [0.25, 0.3) is 0 Å². The van der Waals surface area contributed by atoms with Crippen molar-refractivity contribution in [2.45, 2.75) is 24.8 Å². The summed E-state index contributed by atoms with van der Waals surface area (Å²) in [5, 5.41) is -0.501. The number of carbonyl (C=O) groups excluding carboxylic acids is 2. The van der Waals surface area contributed by atoms with Crippen LogP contribution in [0.3, 0.4) is 0 Å². The Balaban J connectivity index is 1.55. The van der Waals surface area contributed by atoms with E-state index in [1.54, 1.807) is 0 Å². The van der Waals surface area contributed by atoms with Gasteiger partial charge in [-0.2, -0.15) is 0 Å². The Kier molecular flexibility index (Phi) is 4.54. The molecule has 0 spiro atoms. The maximum Gasteiger partial charge on any atom is 0.410 e. The summed E-state index contributed by atoms with van der Waals surface area (Å²) in [5.74, 6) is -0.0290. The monoisotopic (exact) mass is 367 g/mol. The Morgan fingerprint density at radius 1 is 1.23 bits per heavy atom. The van der Waals surface area contributed by atoms with Crippen molar-refractivity contribution in [2.75, 3.05) is 13.2 Å². The Hall–Kier alpha value is -2.55. The molecule has 1 heterocycles. The summed E-state index contributed by atoms with van der Waals surface area (Å²) in [5.41, 5.74) is 7.64. The first-order valence-corrected chi connectivity index (χ1v) is 9.10. The second-order valence-electron chi connectivity index (χ2n) is 6.57. The molecule has 4 nitrogen and oxygen atoms in total. The number of likely N-dealkylation sites (tertiary alicyclic amines) is 1. The Bertz CT molecular complexity index is 892. The molecular formula is C21H18ClNO3. The van der Waals surface area contributed by atoms with Crippen LogP contribution in [0.25, 0.3) is 5.57 Å². The molecular weight excluding hydrogens is 350 g/mol. The molecule has 3 aliphatic rings. The molecule has 1 fully saturated rings. The molecule has 1 aromatic carbocycles. The van der Waals surface area contributed by atoms with Gasteiger partial charge in [-0.3, -0.25) is 9.69 Å². The zero-order valence-corrected chi connectivity index (χ0v) is 14.9. The van der Waals surface area contributed by atoms with Crippen molar-refractivity contribution in [3.8, 4) is 0 Å². The number of benzene rings is 1. The normalized spacial score (nSPS) is 23.0. The number of fused-ring (bicyclic) bond motifs is 3. The van der Waals surface area contributed by atoms with Gasteiger partial charge in [-0.05, 0) is 71.0 Å². The highest BCUT2D eigenvalue weighted by Crippen LogP contribution is 2.46. The molecule has 1 amide bonds. The predicted octanol–water partition coefficient (Wildman–Crippen LogP) is 4.18. The standard InChI is InChI=1S/C21H18ClNO3/c22-20(24)19-11-6-12-23(19)21(25)26-13-18-16-8-3-1-2-7-14(16)15-9-4-5-10-17(15)18/h2-5,7-10,18-19H,6,11-13H2/t18?,19-/m1/s1. The van der Waals surface area contributed by atoms with Crippen LogP contribution >= 0.6 is 11.6 Å². The second kappa shape index (κ2) is 6.99. The molecule has 5 heteroatoms. The van der Waals surface area contributed by atoms with Gasteiger partial charge < -0.3 is 4.74 Å². The van der Waals surface area contributed by atoms with Crippen LogP contribution in [0.15, 0.2) is 59.9 Å². The fourth-order valence-corrected chi connectivity index (χ4v) is 4.14. The maximum atomic E-state index is 12.5. The zero-order valence-electron chi connectivity index (χ0n) is 14.2. The topological polar surface area (TPSA) is 46.6 Å². The number of halogens is 1. The fourth-order valence-electron chi connectivity index (χ4n) is 3.91. The molecule has 4 rings (SSSR count). The summed E-state index contributed by atoms with van der Waals surface area (Å²) in [6, 6.07) is 7.58. The van der Waals surface area contributed by atoms with Crippen molar-refractivity contribution < 1.29 is 14.3 Å². The van der Waals surface area contributed by atoms with Crippen LogP contribution < -0.4 is 0 Å². The molecule has 0 saturated carbocycles. The van der Waals surface area contributed by atoms with Gasteiger partial charge >= 0.3 is 6.09 Å². The third-order valence-corrected chi connectivity index (χ3v) is 5.39. The number of hydrogen-bond donors (Lipinski definition) is 0. The first kappa shape index (κ1) is 16.9. The van der Waals surface area contributed by atoms with E-state index < -0.39 is 17.4 Å². The van der Waals surface area contributed by atoms with Crippen molar-refractivity contribution in [3.63, 3.8) is 0 Å². The van der Waals surface area contributed by atoms with Gasteiger partial charge in [0.15, 0.2) is 0 Å². The van der Waals surface area contributed by atoms with Crippen molar-refractivity contribution in [3.05, 3.63) is 71.0 Å². The lowest BCUT2D eigenvalue weighted by Gasteiger charge is -2.22. The van der Waals surface area contributed by atoms with Crippen molar-refractivity contribution in [1.82, 2.24) is 4.90 Å². The Labute approximate surface area is 157 Å². The molecule has 1 saturated heterocycles. The highest BCUT2D eigenvalue weighted by Gasteiger charge is 2.36. The maximum absolute atomic E-state index is 12.5. The number of allylic oxidation sites excluding steroid dienone is 4. The average molecular weight is 368 g/mol. The summed E-state index contributed by atoms with van der Waals surface area (Å²) in [7, 11) is 0. The minimum atomic E-state index is -0.570. The summed E-state index contributed by atoms with van der Waals surface area (Å²) in [6.07, 6.45) is 8.72. The number of amides is 1. The van der Waals surface area contributed by atoms with Gasteiger partial charge in [0.05, 0.1) is 0 Å². The van der Waals surface area contributed by atoms with Crippen LogP contribution in [-0.4, -0.2) is 35.4 Å². The van der Waals surface area contributed by atoms with Gasteiger partial charge in [-0.1, -0.05) is 24.3 Å². The largest absolute Gasteiger partial charge is 0.448 e. The lowest BCUT2D eigenvalue weighted by molar-refractivity contribution is -0.115. The minimum absolute atomic E-state index is 0.0290. The quantitative estimate of drug-likeness (QED) is 0.594. The van der Waals surface area contributed by atoms with E-state index >= 15 is 0 Å². The van der Waals surface area contributed by atoms with Gasteiger partial charge in [0.1, 0.15) is 12.6 Å². The van der Waals surface area contributed by atoms with Gasteiger partial charge in [0.2, 0.25) is 5.24 Å². The van der Waals surface area contributed by atoms with E-state index in [-0.39, 0.29) is 12.5 Å². The fraction of sp³-hybridized carbons (Fsp3) is 0.286. The number of nitrogens with zero attached hydrogens (tertiary/aromatic N) is 1. The minimum Gasteiger partial charge on any atom is -0.448 e. The highest BCUT2D eigenvalue weighted by molar-refractivity contribution is 6.64. The van der Waals surface area contributed by atoms with Crippen LogP contribution in [0.5, 0.6) is 0 Å². The molecule has 1 unspecified atom stereocenters. The average Bonchev–Trinajstić information content (AvgIpc) is 3.16.